The van der Waals surface area contributed by atoms with E-state index in [1.807, 2.05) is 18.2 Å². The van der Waals surface area contributed by atoms with Crippen molar-refractivity contribution in [2.75, 3.05) is 0 Å². The molecule has 0 saturated heterocycles. The zero-order valence-corrected chi connectivity index (χ0v) is 21.7. The second-order valence-corrected chi connectivity index (χ2v) is 10.6. The molecule has 0 radical (unpaired) electrons. The number of carboxylic acid groups (broad SMARTS) is 2. The Hall–Kier alpha value is -1.84. The van der Waals surface area contributed by atoms with Crippen molar-refractivity contribution in [3.63, 3.8) is 0 Å². The van der Waals surface area contributed by atoms with E-state index >= 15 is 0 Å². The molecule has 33 heavy (non-hydrogen) atoms. The largest absolute Gasteiger partial charge is 0.481 e. The summed E-state index contributed by atoms with van der Waals surface area (Å²) in [6.45, 7) is 10.8. The van der Waals surface area contributed by atoms with E-state index in [4.69, 9.17) is 0 Å². The summed E-state index contributed by atoms with van der Waals surface area (Å²) in [7, 11) is 0. The molecule has 2 unspecified atom stereocenters. The van der Waals surface area contributed by atoms with Crippen LogP contribution in [0.4, 0.5) is 0 Å². The molecule has 2 N–H and O–H groups in total. The van der Waals surface area contributed by atoms with Crippen LogP contribution in [0.25, 0.3) is 0 Å². The third kappa shape index (κ3) is 11.2. The first-order valence-electron chi connectivity index (χ1n) is 13.3. The van der Waals surface area contributed by atoms with E-state index in [-0.39, 0.29) is 0 Å². The van der Waals surface area contributed by atoms with Gasteiger partial charge in [-0.3, -0.25) is 9.59 Å². The van der Waals surface area contributed by atoms with Gasteiger partial charge in [0.2, 0.25) is 0 Å². The van der Waals surface area contributed by atoms with Crippen LogP contribution in [0.1, 0.15) is 134 Å². The molecule has 0 aromatic heterocycles. The third-order valence-corrected chi connectivity index (χ3v) is 6.62. The molecule has 0 heterocycles. The fourth-order valence-corrected chi connectivity index (χ4v) is 4.62. The molecule has 0 bridgehead atoms. The number of hydrogen-bond donors (Lipinski definition) is 2. The van der Waals surface area contributed by atoms with E-state index in [1.165, 1.54) is 25.7 Å². The van der Waals surface area contributed by atoms with E-state index in [9.17, 15) is 19.8 Å². The van der Waals surface area contributed by atoms with Crippen LogP contribution in [0, 0.1) is 11.8 Å². The molecule has 2 atom stereocenters. The number of carboxylic acids is 2. The minimum Gasteiger partial charge on any atom is -0.481 e. The second kappa shape index (κ2) is 15.9. The van der Waals surface area contributed by atoms with Gasteiger partial charge in [0, 0.05) is 0 Å². The highest BCUT2D eigenvalue weighted by molar-refractivity contribution is 5.80. The highest BCUT2D eigenvalue weighted by atomic mass is 16.4. The summed E-state index contributed by atoms with van der Waals surface area (Å²) >= 11 is 0. The maximum absolute atomic E-state index is 12.3. The Balaban J connectivity index is 3.22. The first-order valence-corrected chi connectivity index (χ1v) is 13.3. The normalized spacial score (nSPS) is 13.4. The van der Waals surface area contributed by atoms with Crippen molar-refractivity contribution in [2.45, 2.75) is 124 Å². The summed E-state index contributed by atoms with van der Waals surface area (Å²) in [5, 5.41) is 20.1. The van der Waals surface area contributed by atoms with Crippen LogP contribution < -0.4 is 0 Å². The van der Waals surface area contributed by atoms with E-state index in [0.29, 0.717) is 30.2 Å². The Morgan fingerprint density at radius 3 is 1.70 bits per heavy atom. The predicted molar refractivity (Wildman–Crippen MR) is 137 cm³/mol. The van der Waals surface area contributed by atoms with Crippen molar-refractivity contribution in [3.8, 4) is 0 Å². The van der Waals surface area contributed by atoms with E-state index < -0.39 is 23.8 Å². The van der Waals surface area contributed by atoms with Crippen molar-refractivity contribution in [1.29, 1.82) is 0 Å². The van der Waals surface area contributed by atoms with Crippen molar-refractivity contribution >= 4 is 11.9 Å². The van der Waals surface area contributed by atoms with Crippen LogP contribution >= 0.6 is 0 Å². The lowest BCUT2D eigenvalue weighted by atomic mass is 9.81. The van der Waals surface area contributed by atoms with Gasteiger partial charge in [-0.1, -0.05) is 104 Å². The zero-order valence-electron chi connectivity index (χ0n) is 21.7. The minimum absolute atomic E-state index is 0.524. The van der Waals surface area contributed by atoms with E-state index in [1.54, 1.807) is 0 Å². The van der Waals surface area contributed by atoms with Crippen LogP contribution in [0.2, 0.25) is 0 Å². The van der Waals surface area contributed by atoms with Crippen LogP contribution in [0.3, 0.4) is 0 Å². The molecule has 0 aliphatic rings. The first-order chi connectivity index (χ1) is 15.7. The summed E-state index contributed by atoms with van der Waals surface area (Å²) in [6, 6.07) is 5.97. The molecular weight excluding hydrogens is 412 g/mol. The van der Waals surface area contributed by atoms with Crippen LogP contribution in [-0.4, -0.2) is 22.2 Å². The lowest BCUT2D eigenvalue weighted by Gasteiger charge is -2.23. The summed E-state index contributed by atoms with van der Waals surface area (Å²) in [5.74, 6) is -1.94. The van der Waals surface area contributed by atoms with Gasteiger partial charge in [-0.25, -0.2) is 0 Å². The molecule has 0 amide bonds. The maximum atomic E-state index is 12.3. The molecule has 188 valence electrons. The zero-order chi connectivity index (χ0) is 24.8. The fraction of sp³-hybridized carbons (Fsp3) is 0.724. The maximum Gasteiger partial charge on any atom is 0.310 e. The summed E-state index contributed by atoms with van der Waals surface area (Å²) in [6.07, 6.45) is 11.6. The van der Waals surface area contributed by atoms with Gasteiger partial charge in [-0.15, -0.1) is 0 Å². The lowest BCUT2D eigenvalue weighted by molar-refractivity contribution is -0.140. The van der Waals surface area contributed by atoms with E-state index in [0.717, 1.165) is 49.7 Å². The monoisotopic (exact) mass is 460 g/mol. The Morgan fingerprint density at radius 1 is 0.697 bits per heavy atom. The average molecular weight is 461 g/mol. The SMILES string of the molecule is CCCCCCCc1ccc(C(CCCC(C)C)C(=O)O)c(C(CCCC(C)C)C(=O)O)c1. The number of rotatable bonds is 18. The lowest BCUT2D eigenvalue weighted by Crippen LogP contribution is -2.19. The molecular formula is C29H48O4. The first kappa shape index (κ1) is 29.2. The summed E-state index contributed by atoms with van der Waals surface area (Å²) in [4.78, 5) is 24.6. The van der Waals surface area contributed by atoms with Crippen LogP contribution in [0.15, 0.2) is 18.2 Å². The molecule has 0 aliphatic carbocycles. The quantitative estimate of drug-likeness (QED) is 0.217. The van der Waals surface area contributed by atoms with Gasteiger partial charge in [0.15, 0.2) is 0 Å². The molecule has 0 spiro atoms. The highest BCUT2D eigenvalue weighted by Crippen LogP contribution is 2.35. The third-order valence-electron chi connectivity index (χ3n) is 6.62. The molecule has 0 saturated carbocycles. The second-order valence-electron chi connectivity index (χ2n) is 10.6. The molecule has 1 rings (SSSR count). The number of benzene rings is 1. The average Bonchev–Trinajstić information content (AvgIpc) is 2.73. The Kier molecular flexibility index (Phi) is 14.1. The standard InChI is InChI=1S/C29H48O4/c1-6-7-8-9-10-15-23-18-19-24(25(28(30)31)16-11-13-21(2)3)27(20-23)26(29(32)33)17-12-14-22(4)5/h18-22,25-26H,6-17H2,1-5H3,(H,30,31)(H,32,33). The van der Waals surface area contributed by atoms with Gasteiger partial charge in [0.25, 0.3) is 0 Å². The topological polar surface area (TPSA) is 74.6 Å². The van der Waals surface area contributed by atoms with Gasteiger partial charge >= 0.3 is 11.9 Å². The van der Waals surface area contributed by atoms with Crippen molar-refractivity contribution in [3.05, 3.63) is 34.9 Å². The Morgan fingerprint density at radius 2 is 1.21 bits per heavy atom. The molecule has 4 nitrogen and oxygen atoms in total. The van der Waals surface area contributed by atoms with Gasteiger partial charge in [-0.2, -0.15) is 0 Å². The molecule has 0 fully saturated rings. The number of unbranched alkanes of at least 4 members (excludes halogenated alkanes) is 4. The highest BCUT2D eigenvalue weighted by Gasteiger charge is 2.29. The molecule has 1 aromatic rings. The van der Waals surface area contributed by atoms with Crippen molar-refractivity contribution in [2.24, 2.45) is 11.8 Å². The van der Waals surface area contributed by atoms with Crippen LogP contribution in [0.5, 0.6) is 0 Å². The predicted octanol–water partition coefficient (Wildman–Crippen LogP) is 8.19. The Labute approximate surface area is 202 Å². The molecule has 0 aliphatic heterocycles. The minimum atomic E-state index is -0.848. The van der Waals surface area contributed by atoms with Gasteiger partial charge in [0.1, 0.15) is 0 Å². The summed E-state index contributed by atoms with van der Waals surface area (Å²) in [5.41, 5.74) is 2.57. The van der Waals surface area contributed by atoms with Crippen LogP contribution in [-0.2, 0) is 16.0 Å². The smallest absolute Gasteiger partial charge is 0.310 e. The van der Waals surface area contributed by atoms with Gasteiger partial charge in [0.05, 0.1) is 11.8 Å². The number of carbonyl (C=O) groups is 2. The van der Waals surface area contributed by atoms with Gasteiger partial charge < -0.3 is 10.2 Å². The summed E-state index contributed by atoms with van der Waals surface area (Å²) < 4.78 is 0. The fourth-order valence-electron chi connectivity index (χ4n) is 4.62. The molecule has 1 aromatic carbocycles. The number of aliphatic carboxylic acids is 2. The molecule has 4 heteroatoms. The number of hydrogen-bond acceptors (Lipinski definition) is 2. The van der Waals surface area contributed by atoms with E-state index in [2.05, 4.69) is 34.6 Å². The van der Waals surface area contributed by atoms with Crippen molar-refractivity contribution < 1.29 is 19.8 Å². The van der Waals surface area contributed by atoms with Crippen molar-refractivity contribution in [1.82, 2.24) is 0 Å². The Bertz CT molecular complexity index is 708. The van der Waals surface area contributed by atoms with Gasteiger partial charge in [-0.05, 0) is 54.2 Å². The number of aryl methyl sites for hydroxylation is 1.